The molecule has 0 spiro atoms. The molecule has 0 aliphatic rings. The maximum absolute atomic E-state index is 5.27. The van der Waals surface area contributed by atoms with Gasteiger partial charge in [-0.25, -0.2) is 0 Å². The van der Waals surface area contributed by atoms with Crippen LogP contribution < -0.4 is 10.2 Å². The first-order valence-corrected chi connectivity index (χ1v) is 8.59. The Labute approximate surface area is 138 Å². The highest BCUT2D eigenvalue weighted by Gasteiger charge is 2.18. The van der Waals surface area contributed by atoms with Crippen molar-refractivity contribution in [2.45, 2.75) is 46.2 Å². The molecule has 0 aromatic heterocycles. The van der Waals surface area contributed by atoms with Crippen molar-refractivity contribution < 1.29 is 4.74 Å². The number of hydrogen-bond acceptors (Lipinski definition) is 3. The van der Waals surface area contributed by atoms with E-state index in [1.807, 2.05) is 0 Å². The fraction of sp³-hybridized carbons (Fsp3) is 0.647. The van der Waals surface area contributed by atoms with Gasteiger partial charge in [0.1, 0.15) is 0 Å². The predicted octanol–water partition coefficient (Wildman–Crippen LogP) is 4.37. The van der Waals surface area contributed by atoms with Gasteiger partial charge in [0.15, 0.2) is 0 Å². The molecule has 1 aromatic carbocycles. The Morgan fingerprint density at radius 3 is 2.57 bits per heavy atom. The molecule has 4 heteroatoms. The summed E-state index contributed by atoms with van der Waals surface area (Å²) in [6.07, 6.45) is 1.14. The monoisotopic (exact) mass is 356 g/mol. The second-order valence-corrected chi connectivity index (χ2v) is 6.57. The summed E-state index contributed by atoms with van der Waals surface area (Å²) in [5, 5.41) is 3.59. The Morgan fingerprint density at radius 2 is 2.00 bits per heavy atom. The van der Waals surface area contributed by atoms with Crippen molar-refractivity contribution in [3.05, 3.63) is 28.2 Å². The van der Waals surface area contributed by atoms with Crippen molar-refractivity contribution in [1.29, 1.82) is 0 Å². The highest BCUT2D eigenvalue weighted by molar-refractivity contribution is 9.10. The van der Waals surface area contributed by atoms with Crippen molar-refractivity contribution in [3.63, 3.8) is 0 Å². The number of nitrogens with one attached hydrogen (secondary N) is 1. The summed E-state index contributed by atoms with van der Waals surface area (Å²) >= 11 is 3.60. The number of nitrogens with zero attached hydrogens (tertiary/aromatic N) is 1. The van der Waals surface area contributed by atoms with Crippen molar-refractivity contribution in [2.24, 2.45) is 0 Å². The van der Waals surface area contributed by atoms with Gasteiger partial charge in [0, 0.05) is 35.9 Å². The van der Waals surface area contributed by atoms with E-state index in [-0.39, 0.29) is 0 Å². The van der Waals surface area contributed by atoms with Gasteiger partial charge in [0.25, 0.3) is 0 Å². The van der Waals surface area contributed by atoms with Crippen LogP contribution in [0.2, 0.25) is 0 Å². The summed E-state index contributed by atoms with van der Waals surface area (Å²) in [7, 11) is 1.76. The van der Waals surface area contributed by atoms with Crippen LogP contribution in [0.15, 0.2) is 22.7 Å². The minimum absolute atomic E-state index is 0.334. The fourth-order valence-electron chi connectivity index (χ4n) is 2.45. The third kappa shape index (κ3) is 5.61. The summed E-state index contributed by atoms with van der Waals surface area (Å²) in [6.45, 7) is 11.6. The van der Waals surface area contributed by atoms with Gasteiger partial charge in [0.05, 0.1) is 6.61 Å². The minimum atomic E-state index is 0.334. The Balaban J connectivity index is 3.07. The molecule has 1 aromatic rings. The number of halogens is 1. The first-order valence-electron chi connectivity index (χ1n) is 7.79. The lowest BCUT2D eigenvalue weighted by Gasteiger charge is -2.32. The van der Waals surface area contributed by atoms with E-state index in [4.69, 9.17) is 4.74 Å². The average Bonchev–Trinajstić information content (AvgIpc) is 2.46. The number of anilines is 1. The minimum Gasteiger partial charge on any atom is -0.383 e. The van der Waals surface area contributed by atoms with Crippen LogP contribution in [0.25, 0.3) is 0 Å². The lowest BCUT2D eigenvalue weighted by molar-refractivity contribution is 0.203. The Hall–Kier alpha value is -0.580. The van der Waals surface area contributed by atoms with Crippen LogP contribution >= 0.6 is 15.9 Å². The molecule has 21 heavy (non-hydrogen) atoms. The SMILES string of the molecule is CCCNC(C)c1cc(Br)ccc1N(CCOC)C(C)C. The van der Waals surface area contributed by atoms with E-state index in [9.17, 15) is 0 Å². The second kappa shape index (κ2) is 9.44. The Bertz CT molecular complexity index is 423. The molecular weight excluding hydrogens is 328 g/mol. The quantitative estimate of drug-likeness (QED) is 0.710. The summed E-state index contributed by atoms with van der Waals surface area (Å²) in [6, 6.07) is 7.33. The smallest absolute Gasteiger partial charge is 0.0637 e. The van der Waals surface area contributed by atoms with Crippen LogP contribution in [0.4, 0.5) is 5.69 Å². The van der Waals surface area contributed by atoms with Crippen LogP contribution in [-0.2, 0) is 4.74 Å². The second-order valence-electron chi connectivity index (χ2n) is 5.66. The molecule has 0 saturated carbocycles. The van der Waals surface area contributed by atoms with Gasteiger partial charge in [0.2, 0.25) is 0 Å². The lowest BCUT2D eigenvalue weighted by atomic mass is 10.0. The number of hydrogen-bond donors (Lipinski definition) is 1. The molecule has 0 saturated heterocycles. The Morgan fingerprint density at radius 1 is 1.29 bits per heavy atom. The number of rotatable bonds is 9. The third-order valence-corrected chi connectivity index (χ3v) is 4.12. The van der Waals surface area contributed by atoms with Crippen LogP contribution in [0, 0.1) is 0 Å². The Kier molecular flexibility index (Phi) is 8.30. The summed E-state index contributed by atoms with van der Waals surface area (Å²) in [4.78, 5) is 2.41. The molecule has 0 amide bonds. The van der Waals surface area contributed by atoms with Crippen molar-refractivity contribution in [2.75, 3.05) is 31.7 Å². The maximum atomic E-state index is 5.27. The van der Waals surface area contributed by atoms with Crippen LogP contribution in [-0.4, -0.2) is 32.8 Å². The molecule has 1 unspecified atom stereocenters. The van der Waals surface area contributed by atoms with Gasteiger partial charge in [-0.05, 0) is 57.5 Å². The van der Waals surface area contributed by atoms with Crippen LogP contribution in [0.1, 0.15) is 45.7 Å². The highest BCUT2D eigenvalue weighted by atomic mass is 79.9. The van der Waals surface area contributed by atoms with Crippen LogP contribution in [0.5, 0.6) is 0 Å². The van der Waals surface area contributed by atoms with E-state index in [0.29, 0.717) is 12.1 Å². The normalized spacial score (nSPS) is 12.7. The largest absolute Gasteiger partial charge is 0.383 e. The summed E-state index contributed by atoms with van der Waals surface area (Å²) < 4.78 is 6.39. The number of methoxy groups -OCH3 is 1. The van der Waals surface area contributed by atoms with E-state index in [0.717, 1.165) is 30.6 Å². The average molecular weight is 357 g/mol. The van der Waals surface area contributed by atoms with E-state index < -0.39 is 0 Å². The van der Waals surface area contributed by atoms with Gasteiger partial charge < -0.3 is 15.0 Å². The molecular formula is C17H29BrN2O. The molecule has 0 fully saturated rings. The van der Waals surface area contributed by atoms with Crippen LogP contribution in [0.3, 0.4) is 0 Å². The third-order valence-electron chi connectivity index (χ3n) is 3.63. The van der Waals surface area contributed by atoms with Crippen molar-refractivity contribution in [3.8, 4) is 0 Å². The first kappa shape index (κ1) is 18.5. The van der Waals surface area contributed by atoms with E-state index in [1.54, 1.807) is 7.11 Å². The van der Waals surface area contributed by atoms with Gasteiger partial charge in [-0.1, -0.05) is 22.9 Å². The predicted molar refractivity (Wildman–Crippen MR) is 95.2 cm³/mol. The zero-order valence-electron chi connectivity index (χ0n) is 13.9. The molecule has 0 aliphatic heterocycles. The van der Waals surface area contributed by atoms with E-state index >= 15 is 0 Å². The first-order chi connectivity index (χ1) is 10.0. The van der Waals surface area contributed by atoms with E-state index in [1.165, 1.54) is 11.3 Å². The van der Waals surface area contributed by atoms with Gasteiger partial charge in [-0.2, -0.15) is 0 Å². The number of benzene rings is 1. The molecule has 0 aliphatic carbocycles. The molecule has 120 valence electrons. The molecule has 0 bridgehead atoms. The molecule has 1 rings (SSSR count). The molecule has 1 N–H and O–H groups in total. The topological polar surface area (TPSA) is 24.5 Å². The lowest BCUT2D eigenvalue weighted by Crippen LogP contribution is -2.35. The molecule has 0 heterocycles. The van der Waals surface area contributed by atoms with Gasteiger partial charge in [-0.15, -0.1) is 0 Å². The maximum Gasteiger partial charge on any atom is 0.0637 e. The molecule has 0 radical (unpaired) electrons. The molecule has 1 atom stereocenters. The number of ether oxygens (including phenoxy) is 1. The fourth-order valence-corrected chi connectivity index (χ4v) is 2.83. The van der Waals surface area contributed by atoms with Gasteiger partial charge in [-0.3, -0.25) is 0 Å². The van der Waals surface area contributed by atoms with Gasteiger partial charge >= 0.3 is 0 Å². The highest BCUT2D eigenvalue weighted by Crippen LogP contribution is 2.30. The van der Waals surface area contributed by atoms with Crippen molar-refractivity contribution >= 4 is 21.6 Å². The summed E-state index contributed by atoms with van der Waals surface area (Å²) in [5.74, 6) is 0. The van der Waals surface area contributed by atoms with E-state index in [2.05, 4.69) is 72.0 Å². The van der Waals surface area contributed by atoms with Crippen molar-refractivity contribution in [1.82, 2.24) is 5.32 Å². The zero-order valence-corrected chi connectivity index (χ0v) is 15.5. The zero-order chi connectivity index (χ0) is 15.8. The molecule has 3 nitrogen and oxygen atoms in total. The summed E-state index contributed by atoms with van der Waals surface area (Å²) in [5.41, 5.74) is 2.63. The standard InChI is InChI=1S/C17H29BrN2O/c1-6-9-19-14(4)16-12-15(18)7-8-17(16)20(13(2)3)10-11-21-5/h7-8,12-14,19H,6,9-11H2,1-5H3.